The van der Waals surface area contributed by atoms with Crippen LogP contribution in [0.25, 0.3) is 0 Å². The highest BCUT2D eigenvalue weighted by molar-refractivity contribution is 9.10. The zero-order valence-corrected chi connectivity index (χ0v) is 10.8. The van der Waals surface area contributed by atoms with Crippen LogP contribution < -0.4 is 0 Å². The van der Waals surface area contributed by atoms with Crippen LogP contribution in [0.3, 0.4) is 0 Å². The molecule has 15 heavy (non-hydrogen) atoms. The van der Waals surface area contributed by atoms with Crippen LogP contribution in [0.2, 0.25) is 0 Å². The molecule has 1 aromatic heterocycles. The predicted molar refractivity (Wildman–Crippen MR) is 59.4 cm³/mol. The molecule has 0 N–H and O–H groups in total. The number of rotatable bonds is 1. The lowest BCUT2D eigenvalue weighted by atomic mass is 9.85. The van der Waals surface area contributed by atoms with Gasteiger partial charge in [-0.3, -0.25) is 0 Å². The summed E-state index contributed by atoms with van der Waals surface area (Å²) in [6.45, 7) is 1.91. The number of halogens is 1. The van der Waals surface area contributed by atoms with Crippen LogP contribution in [0.5, 0.6) is 0 Å². The van der Waals surface area contributed by atoms with Gasteiger partial charge in [-0.25, -0.2) is 13.4 Å². The number of hydrogen-bond acceptors (Lipinski definition) is 4. The lowest BCUT2D eigenvalue weighted by Gasteiger charge is -2.30. The first-order valence-electron chi connectivity index (χ1n) is 4.74. The largest absolute Gasteiger partial charge is 0.436 e. The molecule has 2 heterocycles. The van der Waals surface area contributed by atoms with Gasteiger partial charge in [0.1, 0.15) is 5.76 Å². The lowest BCUT2D eigenvalue weighted by molar-refractivity contribution is 0.344. The third kappa shape index (κ3) is 2.25. The Hall–Kier alpha value is -0.360. The smallest absolute Gasteiger partial charge is 0.264 e. The number of nitrogens with zero attached hydrogens (tertiary/aromatic N) is 1. The summed E-state index contributed by atoms with van der Waals surface area (Å²) in [5.41, 5.74) is -0.421. The fraction of sp³-hybridized carbons (Fsp3) is 0.667. The Kier molecular flexibility index (Phi) is 2.66. The van der Waals surface area contributed by atoms with Gasteiger partial charge in [0.15, 0.2) is 9.84 Å². The highest BCUT2D eigenvalue weighted by atomic mass is 79.9. The van der Waals surface area contributed by atoms with Gasteiger partial charge < -0.3 is 4.42 Å². The van der Waals surface area contributed by atoms with E-state index >= 15 is 0 Å². The summed E-state index contributed by atoms with van der Waals surface area (Å²) in [4.78, 5) is 4.34. The fourth-order valence-electron chi connectivity index (χ4n) is 2.04. The second-order valence-electron chi connectivity index (χ2n) is 4.23. The summed E-state index contributed by atoms with van der Waals surface area (Å²) in [7, 11) is -2.93. The zero-order chi connectivity index (χ0) is 11.1. The SMILES string of the molecule is CC1(c2cnc(Br)o2)CCCS(=O)(=O)C1. The van der Waals surface area contributed by atoms with Crippen molar-refractivity contribution in [1.82, 2.24) is 4.98 Å². The topological polar surface area (TPSA) is 60.2 Å². The van der Waals surface area contributed by atoms with Crippen LogP contribution in [-0.2, 0) is 15.3 Å². The van der Waals surface area contributed by atoms with Crippen LogP contribution in [0.15, 0.2) is 15.4 Å². The van der Waals surface area contributed by atoms with Gasteiger partial charge in [0.25, 0.3) is 4.80 Å². The molecule has 0 spiro atoms. The minimum absolute atomic E-state index is 0.154. The molecule has 1 aromatic rings. The predicted octanol–water partition coefficient (Wildman–Crippen LogP) is 1.90. The Balaban J connectivity index is 2.34. The molecule has 6 heteroatoms. The van der Waals surface area contributed by atoms with E-state index in [4.69, 9.17) is 4.42 Å². The van der Waals surface area contributed by atoms with E-state index in [0.29, 0.717) is 17.0 Å². The van der Waals surface area contributed by atoms with E-state index in [-0.39, 0.29) is 11.5 Å². The first kappa shape index (κ1) is 11.1. The van der Waals surface area contributed by atoms with Crippen LogP contribution >= 0.6 is 15.9 Å². The lowest BCUT2D eigenvalue weighted by Crippen LogP contribution is -2.37. The second-order valence-corrected chi connectivity index (χ2v) is 7.10. The highest BCUT2D eigenvalue weighted by Gasteiger charge is 2.39. The summed E-state index contributed by atoms with van der Waals surface area (Å²) < 4.78 is 28.5. The van der Waals surface area contributed by atoms with E-state index in [0.717, 1.165) is 6.42 Å². The minimum Gasteiger partial charge on any atom is -0.436 e. The van der Waals surface area contributed by atoms with Crippen LogP contribution in [-0.4, -0.2) is 24.9 Å². The standard InChI is InChI=1S/C9H12BrNO3S/c1-9(7-5-11-8(10)14-7)3-2-4-15(12,13)6-9/h5H,2-4,6H2,1H3. The maximum atomic E-state index is 11.6. The molecule has 1 fully saturated rings. The maximum Gasteiger partial charge on any atom is 0.264 e. The van der Waals surface area contributed by atoms with Gasteiger partial charge in [0, 0.05) is 21.3 Å². The molecule has 1 aliphatic rings. The van der Waals surface area contributed by atoms with Crippen molar-refractivity contribution in [1.29, 1.82) is 0 Å². The maximum absolute atomic E-state index is 11.6. The van der Waals surface area contributed by atoms with Gasteiger partial charge >= 0.3 is 0 Å². The van der Waals surface area contributed by atoms with Gasteiger partial charge in [0.05, 0.1) is 17.7 Å². The Bertz CT molecular complexity index is 467. The molecule has 1 saturated heterocycles. The van der Waals surface area contributed by atoms with Crippen molar-refractivity contribution in [2.45, 2.75) is 25.2 Å². The number of aromatic nitrogens is 1. The molecule has 0 bridgehead atoms. The summed E-state index contributed by atoms with van der Waals surface area (Å²) in [5.74, 6) is 1.09. The average molecular weight is 294 g/mol. The first-order valence-corrected chi connectivity index (χ1v) is 7.35. The molecule has 0 aromatic carbocycles. The van der Waals surface area contributed by atoms with Crippen molar-refractivity contribution in [3.63, 3.8) is 0 Å². The van der Waals surface area contributed by atoms with Gasteiger partial charge in [-0.05, 0) is 12.8 Å². The number of sulfone groups is 1. The molecule has 0 radical (unpaired) electrons. The Labute approximate surface area is 97.1 Å². The van der Waals surface area contributed by atoms with Crippen LogP contribution in [0, 0.1) is 0 Å². The zero-order valence-electron chi connectivity index (χ0n) is 8.36. The summed E-state index contributed by atoms with van der Waals surface area (Å²) in [6, 6.07) is 0. The van der Waals surface area contributed by atoms with Crippen molar-refractivity contribution < 1.29 is 12.8 Å². The number of oxazole rings is 1. The van der Waals surface area contributed by atoms with Crippen molar-refractivity contribution in [3.8, 4) is 0 Å². The van der Waals surface area contributed by atoms with Gasteiger partial charge in [-0.15, -0.1) is 0 Å². The highest BCUT2D eigenvalue weighted by Crippen LogP contribution is 2.35. The second kappa shape index (κ2) is 3.59. The molecule has 84 valence electrons. The summed E-state index contributed by atoms with van der Waals surface area (Å²) in [6.07, 6.45) is 3.12. The van der Waals surface area contributed by atoms with Gasteiger partial charge in [-0.1, -0.05) is 6.92 Å². The number of hydrogen-bond donors (Lipinski definition) is 0. The monoisotopic (exact) mass is 293 g/mol. The third-order valence-corrected chi connectivity index (χ3v) is 5.15. The molecule has 0 amide bonds. The van der Waals surface area contributed by atoms with Crippen molar-refractivity contribution in [2.24, 2.45) is 0 Å². The van der Waals surface area contributed by atoms with Gasteiger partial charge in [0.2, 0.25) is 0 Å². The van der Waals surface area contributed by atoms with Crippen LogP contribution in [0.1, 0.15) is 25.5 Å². The molecular formula is C9H12BrNO3S. The normalized spacial score (nSPS) is 30.3. The minimum atomic E-state index is -2.93. The van der Waals surface area contributed by atoms with E-state index in [1.165, 1.54) is 0 Å². The average Bonchev–Trinajstić information content (AvgIpc) is 2.49. The molecule has 2 rings (SSSR count). The van der Waals surface area contributed by atoms with E-state index in [1.54, 1.807) is 6.20 Å². The Morgan fingerprint density at radius 1 is 1.60 bits per heavy atom. The Morgan fingerprint density at radius 3 is 2.87 bits per heavy atom. The van der Waals surface area contributed by atoms with Gasteiger partial charge in [-0.2, -0.15) is 0 Å². The van der Waals surface area contributed by atoms with Crippen molar-refractivity contribution in [3.05, 3.63) is 16.8 Å². The van der Waals surface area contributed by atoms with E-state index < -0.39 is 15.3 Å². The van der Waals surface area contributed by atoms with E-state index in [2.05, 4.69) is 20.9 Å². The van der Waals surface area contributed by atoms with E-state index in [9.17, 15) is 8.42 Å². The van der Waals surface area contributed by atoms with Crippen molar-refractivity contribution >= 4 is 25.8 Å². The molecular weight excluding hydrogens is 282 g/mol. The fourth-order valence-corrected chi connectivity index (χ4v) is 4.30. The quantitative estimate of drug-likeness (QED) is 0.793. The summed E-state index contributed by atoms with van der Waals surface area (Å²) >= 11 is 3.12. The third-order valence-electron chi connectivity index (χ3n) is 2.79. The summed E-state index contributed by atoms with van der Waals surface area (Å²) in [5, 5.41) is 0. The van der Waals surface area contributed by atoms with Crippen molar-refractivity contribution in [2.75, 3.05) is 11.5 Å². The molecule has 1 atom stereocenters. The molecule has 4 nitrogen and oxygen atoms in total. The van der Waals surface area contributed by atoms with E-state index in [1.807, 2.05) is 6.92 Å². The molecule has 0 saturated carbocycles. The van der Waals surface area contributed by atoms with Crippen LogP contribution in [0.4, 0.5) is 0 Å². The molecule has 1 aliphatic heterocycles. The Morgan fingerprint density at radius 2 is 2.33 bits per heavy atom. The molecule has 0 aliphatic carbocycles. The molecule has 1 unspecified atom stereocenters. The first-order chi connectivity index (χ1) is 6.91.